The molecule has 0 saturated heterocycles. The second kappa shape index (κ2) is 5.80. The predicted molar refractivity (Wildman–Crippen MR) is 63.0 cm³/mol. The van der Waals surface area contributed by atoms with Gasteiger partial charge in [-0.1, -0.05) is 13.8 Å². The number of nitrogens with two attached hydrogens (primary N) is 1. The van der Waals surface area contributed by atoms with Crippen LogP contribution in [0.25, 0.3) is 0 Å². The molecule has 0 saturated carbocycles. The van der Waals surface area contributed by atoms with Gasteiger partial charge in [0.1, 0.15) is 6.07 Å². The van der Waals surface area contributed by atoms with E-state index in [0.29, 0.717) is 18.3 Å². The first-order chi connectivity index (χ1) is 8.02. The van der Waals surface area contributed by atoms with Gasteiger partial charge >= 0.3 is 0 Å². The number of hydrogen-bond acceptors (Lipinski definition) is 5. The van der Waals surface area contributed by atoms with Gasteiger partial charge < -0.3 is 10.6 Å². The fourth-order valence-corrected chi connectivity index (χ4v) is 1.42. The molecule has 90 valence electrons. The molecule has 0 aliphatic rings. The van der Waals surface area contributed by atoms with Crippen LogP contribution in [-0.4, -0.2) is 29.2 Å². The van der Waals surface area contributed by atoms with Crippen molar-refractivity contribution in [2.45, 2.75) is 13.8 Å². The van der Waals surface area contributed by atoms with E-state index in [2.05, 4.69) is 10.2 Å². The average molecular weight is 233 g/mol. The molecule has 1 heterocycles. The molecule has 1 aromatic heterocycles. The van der Waals surface area contributed by atoms with Crippen LogP contribution in [0, 0.1) is 17.2 Å². The molecular formula is C11H15N5O. The highest BCUT2D eigenvalue weighted by atomic mass is 16.1. The normalized spacial score (nSPS) is 10.0. The van der Waals surface area contributed by atoms with Gasteiger partial charge in [0.25, 0.3) is 0 Å². The second-order valence-electron chi connectivity index (χ2n) is 4.13. The Morgan fingerprint density at radius 1 is 1.53 bits per heavy atom. The van der Waals surface area contributed by atoms with E-state index in [4.69, 9.17) is 11.0 Å². The molecule has 0 atom stereocenters. The molecular weight excluding hydrogens is 218 g/mol. The van der Waals surface area contributed by atoms with Crippen LogP contribution in [0.5, 0.6) is 0 Å². The molecule has 0 bridgehead atoms. The van der Waals surface area contributed by atoms with Gasteiger partial charge in [0, 0.05) is 6.54 Å². The zero-order valence-electron chi connectivity index (χ0n) is 9.92. The van der Waals surface area contributed by atoms with E-state index in [0.717, 1.165) is 0 Å². The minimum absolute atomic E-state index is 0.0960. The molecule has 0 aromatic carbocycles. The molecule has 0 spiro atoms. The third kappa shape index (κ3) is 4.07. The van der Waals surface area contributed by atoms with Crippen LogP contribution in [0.2, 0.25) is 0 Å². The molecule has 17 heavy (non-hydrogen) atoms. The van der Waals surface area contributed by atoms with Crippen molar-refractivity contribution in [1.29, 1.82) is 5.26 Å². The predicted octanol–water partition coefficient (Wildman–Crippen LogP) is 0.296. The Balaban J connectivity index is 2.87. The van der Waals surface area contributed by atoms with Crippen LogP contribution in [0.1, 0.15) is 19.5 Å². The van der Waals surface area contributed by atoms with Crippen molar-refractivity contribution in [3.8, 4) is 6.07 Å². The highest BCUT2D eigenvalue weighted by Crippen LogP contribution is 2.11. The number of anilines is 1. The largest absolute Gasteiger partial charge is 0.368 e. The number of rotatable bonds is 5. The monoisotopic (exact) mass is 233 g/mol. The molecule has 0 radical (unpaired) electrons. The summed E-state index contributed by atoms with van der Waals surface area (Å²) in [6, 6.07) is 5.12. The van der Waals surface area contributed by atoms with Gasteiger partial charge in [0.05, 0.1) is 6.54 Å². The molecule has 6 nitrogen and oxygen atoms in total. The highest BCUT2D eigenvalue weighted by molar-refractivity contribution is 5.79. The number of carbonyl (C=O) groups is 1. The summed E-state index contributed by atoms with van der Waals surface area (Å²) in [6.45, 7) is 4.82. The minimum Gasteiger partial charge on any atom is -0.368 e. The van der Waals surface area contributed by atoms with E-state index < -0.39 is 5.91 Å². The third-order valence-corrected chi connectivity index (χ3v) is 2.02. The first-order valence-corrected chi connectivity index (χ1v) is 5.30. The first kappa shape index (κ1) is 12.9. The quantitative estimate of drug-likeness (QED) is 0.788. The number of primary amides is 1. The van der Waals surface area contributed by atoms with E-state index in [1.807, 2.05) is 19.9 Å². The fourth-order valence-electron chi connectivity index (χ4n) is 1.42. The number of carbonyl (C=O) groups excluding carboxylic acids is 1. The summed E-state index contributed by atoms with van der Waals surface area (Å²) in [7, 11) is 0. The van der Waals surface area contributed by atoms with Crippen molar-refractivity contribution in [3.05, 3.63) is 17.8 Å². The van der Waals surface area contributed by atoms with E-state index in [1.54, 1.807) is 17.0 Å². The second-order valence-corrected chi connectivity index (χ2v) is 4.13. The van der Waals surface area contributed by atoms with Gasteiger partial charge in [0.15, 0.2) is 11.5 Å². The number of aromatic nitrogens is 2. The first-order valence-electron chi connectivity index (χ1n) is 5.30. The average Bonchev–Trinajstić information content (AvgIpc) is 2.27. The van der Waals surface area contributed by atoms with Gasteiger partial charge in [-0.05, 0) is 18.1 Å². The summed E-state index contributed by atoms with van der Waals surface area (Å²) >= 11 is 0. The SMILES string of the molecule is CC(C)CN(CC(N)=O)c1ccc(C#N)nn1. The highest BCUT2D eigenvalue weighted by Gasteiger charge is 2.12. The summed E-state index contributed by atoms with van der Waals surface area (Å²) < 4.78 is 0. The number of hydrogen-bond donors (Lipinski definition) is 1. The van der Waals surface area contributed by atoms with Crippen molar-refractivity contribution in [2.24, 2.45) is 11.7 Å². The van der Waals surface area contributed by atoms with Crippen LogP contribution in [-0.2, 0) is 4.79 Å². The lowest BCUT2D eigenvalue weighted by Gasteiger charge is -2.23. The summed E-state index contributed by atoms with van der Waals surface area (Å²) in [5, 5.41) is 16.2. The maximum absolute atomic E-state index is 11.0. The Bertz CT molecular complexity index is 420. The number of nitrogens with zero attached hydrogens (tertiary/aromatic N) is 4. The van der Waals surface area contributed by atoms with Crippen molar-refractivity contribution in [3.63, 3.8) is 0 Å². The Labute approximate surface area is 100 Å². The fraction of sp³-hybridized carbons (Fsp3) is 0.455. The molecule has 0 fully saturated rings. The number of amides is 1. The van der Waals surface area contributed by atoms with E-state index >= 15 is 0 Å². The smallest absolute Gasteiger partial charge is 0.236 e. The Morgan fingerprint density at radius 3 is 2.65 bits per heavy atom. The summed E-state index contributed by atoms with van der Waals surface area (Å²) in [5.74, 6) is 0.500. The van der Waals surface area contributed by atoms with Gasteiger partial charge in [-0.3, -0.25) is 4.79 Å². The third-order valence-electron chi connectivity index (χ3n) is 2.02. The number of nitriles is 1. The van der Waals surface area contributed by atoms with Gasteiger partial charge in [-0.15, -0.1) is 10.2 Å². The van der Waals surface area contributed by atoms with Crippen LogP contribution >= 0.6 is 0 Å². The lowest BCUT2D eigenvalue weighted by atomic mass is 10.2. The lowest BCUT2D eigenvalue weighted by Crippen LogP contribution is -2.36. The van der Waals surface area contributed by atoms with Crippen molar-refractivity contribution in [2.75, 3.05) is 18.0 Å². The van der Waals surface area contributed by atoms with E-state index in [1.165, 1.54) is 0 Å². The Hall–Kier alpha value is -2.16. The summed E-state index contributed by atoms with van der Waals surface area (Å²) in [6.07, 6.45) is 0. The maximum atomic E-state index is 11.0. The van der Waals surface area contributed by atoms with Crippen LogP contribution in [0.15, 0.2) is 12.1 Å². The van der Waals surface area contributed by atoms with Crippen LogP contribution < -0.4 is 10.6 Å². The lowest BCUT2D eigenvalue weighted by molar-refractivity contribution is -0.116. The molecule has 6 heteroatoms. The zero-order chi connectivity index (χ0) is 12.8. The summed E-state index contributed by atoms with van der Waals surface area (Å²) in [4.78, 5) is 12.7. The summed E-state index contributed by atoms with van der Waals surface area (Å²) in [5.41, 5.74) is 5.43. The van der Waals surface area contributed by atoms with Crippen molar-refractivity contribution in [1.82, 2.24) is 10.2 Å². The molecule has 0 aliphatic heterocycles. The van der Waals surface area contributed by atoms with Crippen LogP contribution in [0.3, 0.4) is 0 Å². The van der Waals surface area contributed by atoms with Crippen molar-refractivity contribution >= 4 is 11.7 Å². The molecule has 0 aliphatic carbocycles. The molecule has 1 amide bonds. The Morgan fingerprint density at radius 2 is 2.24 bits per heavy atom. The Kier molecular flexibility index (Phi) is 4.40. The molecule has 2 N–H and O–H groups in total. The molecule has 0 unspecified atom stereocenters. The van der Waals surface area contributed by atoms with Crippen LogP contribution in [0.4, 0.5) is 5.82 Å². The van der Waals surface area contributed by atoms with Gasteiger partial charge in [0.2, 0.25) is 5.91 Å². The standard InChI is InChI=1S/C11H15N5O/c1-8(2)6-16(7-10(13)17)11-4-3-9(5-12)14-15-11/h3-4,8H,6-7H2,1-2H3,(H2,13,17). The minimum atomic E-state index is -0.420. The van der Waals surface area contributed by atoms with Crippen molar-refractivity contribution < 1.29 is 4.79 Å². The topological polar surface area (TPSA) is 95.9 Å². The zero-order valence-corrected chi connectivity index (χ0v) is 9.92. The molecule has 1 rings (SSSR count). The maximum Gasteiger partial charge on any atom is 0.236 e. The molecule has 1 aromatic rings. The van der Waals surface area contributed by atoms with E-state index in [-0.39, 0.29) is 12.2 Å². The van der Waals surface area contributed by atoms with Gasteiger partial charge in [-0.2, -0.15) is 5.26 Å². The van der Waals surface area contributed by atoms with E-state index in [9.17, 15) is 4.79 Å². The van der Waals surface area contributed by atoms with Gasteiger partial charge in [-0.25, -0.2) is 0 Å².